The van der Waals surface area contributed by atoms with Crippen molar-refractivity contribution in [1.29, 1.82) is 0 Å². The molecule has 2 aliphatic carbocycles. The summed E-state index contributed by atoms with van der Waals surface area (Å²) < 4.78 is 10.9. The Hall–Kier alpha value is -0.610. The number of carbonyl (C=O) groups is 1. The Morgan fingerprint density at radius 1 is 1.15 bits per heavy atom. The highest BCUT2D eigenvalue weighted by Gasteiger charge is 2.46. The van der Waals surface area contributed by atoms with Crippen molar-refractivity contribution >= 4 is 5.97 Å². The van der Waals surface area contributed by atoms with Crippen LogP contribution in [0.3, 0.4) is 0 Å². The maximum Gasteiger partial charge on any atom is 0.326 e. The van der Waals surface area contributed by atoms with Crippen LogP contribution in [0.15, 0.2) is 0 Å². The highest BCUT2D eigenvalue weighted by molar-refractivity contribution is 5.81. The molecule has 0 saturated heterocycles. The maximum atomic E-state index is 11.9. The van der Waals surface area contributed by atoms with E-state index in [1.165, 1.54) is 45.6 Å². The molecule has 2 fully saturated rings. The molecule has 116 valence electrons. The molecule has 4 nitrogen and oxygen atoms in total. The summed E-state index contributed by atoms with van der Waals surface area (Å²) in [6, 6.07) is 0. The minimum atomic E-state index is -0.776. The van der Waals surface area contributed by atoms with E-state index in [-0.39, 0.29) is 11.9 Å². The van der Waals surface area contributed by atoms with Gasteiger partial charge in [0.05, 0.1) is 13.2 Å². The molecule has 2 aliphatic rings. The molecule has 2 saturated carbocycles. The van der Waals surface area contributed by atoms with Gasteiger partial charge >= 0.3 is 5.97 Å². The zero-order valence-corrected chi connectivity index (χ0v) is 12.7. The third kappa shape index (κ3) is 3.73. The van der Waals surface area contributed by atoms with E-state index in [9.17, 15) is 4.79 Å². The monoisotopic (exact) mass is 283 g/mol. The lowest BCUT2D eigenvalue weighted by atomic mass is 9.86. The lowest BCUT2D eigenvalue weighted by Gasteiger charge is -2.29. The van der Waals surface area contributed by atoms with Crippen LogP contribution in [0.2, 0.25) is 0 Å². The molecule has 2 atom stereocenters. The molecule has 2 rings (SSSR count). The van der Waals surface area contributed by atoms with Gasteiger partial charge in [0.2, 0.25) is 0 Å². The minimum Gasteiger partial charge on any atom is -0.468 e. The average molecular weight is 283 g/mol. The minimum absolute atomic E-state index is 0.209. The first-order valence-electron chi connectivity index (χ1n) is 8.15. The van der Waals surface area contributed by atoms with Crippen LogP contribution in [-0.2, 0) is 14.3 Å². The Morgan fingerprint density at radius 2 is 1.85 bits per heavy atom. The summed E-state index contributed by atoms with van der Waals surface area (Å²) in [5, 5.41) is 0. The first kappa shape index (κ1) is 15.8. The fourth-order valence-corrected chi connectivity index (χ4v) is 3.75. The van der Waals surface area contributed by atoms with Gasteiger partial charge in [0.15, 0.2) is 0 Å². The van der Waals surface area contributed by atoms with E-state index >= 15 is 0 Å². The van der Waals surface area contributed by atoms with Gasteiger partial charge in [-0.05, 0) is 38.0 Å². The van der Waals surface area contributed by atoms with Crippen LogP contribution >= 0.6 is 0 Å². The van der Waals surface area contributed by atoms with Crippen molar-refractivity contribution in [3.63, 3.8) is 0 Å². The van der Waals surface area contributed by atoms with Gasteiger partial charge in [-0.15, -0.1) is 0 Å². The number of hydrogen-bond donors (Lipinski definition) is 1. The average Bonchev–Trinajstić information content (AvgIpc) is 2.67. The van der Waals surface area contributed by atoms with Crippen LogP contribution in [0.4, 0.5) is 0 Å². The zero-order valence-electron chi connectivity index (χ0n) is 12.7. The molecule has 0 bridgehead atoms. The second-order valence-electron chi connectivity index (χ2n) is 6.39. The molecule has 0 heterocycles. The summed E-state index contributed by atoms with van der Waals surface area (Å²) in [4.78, 5) is 11.9. The van der Waals surface area contributed by atoms with Gasteiger partial charge in [0.1, 0.15) is 5.54 Å². The summed E-state index contributed by atoms with van der Waals surface area (Å²) in [6.45, 7) is 0.727. The Labute approximate surface area is 122 Å². The van der Waals surface area contributed by atoms with E-state index in [0.29, 0.717) is 6.10 Å². The van der Waals surface area contributed by atoms with Crippen LogP contribution in [0.25, 0.3) is 0 Å². The summed E-state index contributed by atoms with van der Waals surface area (Å²) in [7, 11) is 1.42. The third-order valence-electron chi connectivity index (χ3n) is 5.06. The Kier molecular flexibility index (Phi) is 5.85. The topological polar surface area (TPSA) is 61.5 Å². The summed E-state index contributed by atoms with van der Waals surface area (Å²) in [6.07, 6.45) is 11.7. The van der Waals surface area contributed by atoms with Gasteiger partial charge in [0, 0.05) is 6.61 Å². The van der Waals surface area contributed by atoms with Gasteiger partial charge < -0.3 is 15.2 Å². The molecule has 2 unspecified atom stereocenters. The van der Waals surface area contributed by atoms with Crippen LogP contribution in [-0.4, -0.2) is 31.3 Å². The fourth-order valence-electron chi connectivity index (χ4n) is 3.75. The molecular formula is C16H29NO3. The number of nitrogens with two attached hydrogens (primary N) is 1. The predicted octanol–water partition coefficient (Wildman–Crippen LogP) is 2.79. The second kappa shape index (κ2) is 7.41. The number of hydrogen-bond acceptors (Lipinski definition) is 4. The summed E-state index contributed by atoms with van der Waals surface area (Å²) in [5.74, 6) is -0.0461. The first-order chi connectivity index (χ1) is 9.66. The molecule has 2 N–H and O–H groups in total. The van der Waals surface area contributed by atoms with Crippen molar-refractivity contribution in [2.24, 2.45) is 11.7 Å². The van der Waals surface area contributed by atoms with Crippen molar-refractivity contribution in [1.82, 2.24) is 0 Å². The van der Waals surface area contributed by atoms with Crippen LogP contribution in [0.1, 0.15) is 64.2 Å². The van der Waals surface area contributed by atoms with E-state index in [1.807, 2.05) is 0 Å². The van der Waals surface area contributed by atoms with Crippen molar-refractivity contribution in [3.05, 3.63) is 0 Å². The number of methoxy groups -OCH3 is 1. The number of carbonyl (C=O) groups excluding carboxylic acids is 1. The maximum absolute atomic E-state index is 11.9. The summed E-state index contributed by atoms with van der Waals surface area (Å²) >= 11 is 0. The first-order valence-corrected chi connectivity index (χ1v) is 8.15. The molecular weight excluding hydrogens is 254 g/mol. The van der Waals surface area contributed by atoms with E-state index in [1.54, 1.807) is 0 Å². The van der Waals surface area contributed by atoms with E-state index in [4.69, 9.17) is 15.2 Å². The molecule has 20 heavy (non-hydrogen) atoms. The van der Waals surface area contributed by atoms with Gasteiger partial charge in [-0.2, -0.15) is 0 Å². The molecule has 0 radical (unpaired) electrons. The highest BCUT2D eigenvalue weighted by atomic mass is 16.5. The number of rotatable bonds is 5. The van der Waals surface area contributed by atoms with Crippen LogP contribution in [0.5, 0.6) is 0 Å². The van der Waals surface area contributed by atoms with Crippen molar-refractivity contribution in [3.8, 4) is 0 Å². The van der Waals surface area contributed by atoms with Crippen LogP contribution < -0.4 is 5.73 Å². The predicted molar refractivity (Wildman–Crippen MR) is 78.3 cm³/mol. The van der Waals surface area contributed by atoms with Gasteiger partial charge in [-0.25, -0.2) is 0 Å². The SMILES string of the molecule is COC(=O)C1(N)CCCC1CCOC1CCCCCC1. The lowest BCUT2D eigenvalue weighted by molar-refractivity contribution is -0.148. The zero-order chi connectivity index (χ0) is 14.4. The Bertz CT molecular complexity index is 313. The molecule has 0 aromatic rings. The smallest absolute Gasteiger partial charge is 0.326 e. The molecule has 0 amide bonds. The molecule has 4 heteroatoms. The Morgan fingerprint density at radius 3 is 2.50 bits per heavy atom. The van der Waals surface area contributed by atoms with E-state index in [2.05, 4.69) is 0 Å². The van der Waals surface area contributed by atoms with Gasteiger partial charge in [0.25, 0.3) is 0 Å². The van der Waals surface area contributed by atoms with Crippen LogP contribution in [0, 0.1) is 5.92 Å². The fraction of sp³-hybridized carbons (Fsp3) is 0.938. The molecule has 0 aliphatic heterocycles. The number of ether oxygens (including phenoxy) is 2. The van der Waals surface area contributed by atoms with Crippen molar-refractivity contribution in [2.75, 3.05) is 13.7 Å². The van der Waals surface area contributed by atoms with E-state index in [0.717, 1.165) is 32.3 Å². The standard InChI is InChI=1S/C16H29NO3/c1-19-15(18)16(17)11-6-7-13(16)10-12-20-14-8-4-2-3-5-9-14/h13-14H,2-12,17H2,1H3. The molecule has 0 aromatic heterocycles. The largest absolute Gasteiger partial charge is 0.468 e. The van der Waals surface area contributed by atoms with E-state index < -0.39 is 5.54 Å². The van der Waals surface area contributed by atoms with Crippen molar-refractivity contribution < 1.29 is 14.3 Å². The summed E-state index contributed by atoms with van der Waals surface area (Å²) in [5.41, 5.74) is 5.50. The lowest BCUT2D eigenvalue weighted by Crippen LogP contribution is -2.52. The van der Waals surface area contributed by atoms with Gasteiger partial charge in [-0.3, -0.25) is 4.79 Å². The van der Waals surface area contributed by atoms with Gasteiger partial charge in [-0.1, -0.05) is 32.1 Å². The molecule has 0 aromatic carbocycles. The quantitative estimate of drug-likeness (QED) is 0.622. The Balaban J connectivity index is 1.76. The third-order valence-corrected chi connectivity index (χ3v) is 5.06. The molecule has 0 spiro atoms. The highest BCUT2D eigenvalue weighted by Crippen LogP contribution is 2.37. The number of esters is 1. The second-order valence-corrected chi connectivity index (χ2v) is 6.39. The van der Waals surface area contributed by atoms with Crippen molar-refractivity contribution in [2.45, 2.75) is 75.9 Å². The normalized spacial score (nSPS) is 32.0.